The number of aryl methyl sites for hydroxylation is 2. The average molecular weight is 358 g/mol. The maximum Gasteiger partial charge on any atom is 0.0766 e. The molecule has 0 amide bonds. The van der Waals surface area contributed by atoms with Gasteiger partial charge in [0.25, 0.3) is 0 Å². The predicted molar refractivity (Wildman–Crippen MR) is 89.6 cm³/mol. The van der Waals surface area contributed by atoms with Crippen LogP contribution in [0.1, 0.15) is 51.4 Å². The van der Waals surface area contributed by atoms with Gasteiger partial charge in [0, 0.05) is 19.5 Å². The molecule has 0 aliphatic carbocycles. The first-order chi connectivity index (χ1) is 10.0. The fraction of sp³-hybridized carbons (Fsp3) is 0.812. The highest BCUT2D eigenvalue weighted by atomic mass is 79.9. The van der Waals surface area contributed by atoms with E-state index in [0.29, 0.717) is 6.42 Å². The van der Waals surface area contributed by atoms with Crippen molar-refractivity contribution in [1.29, 1.82) is 0 Å². The molecule has 5 heteroatoms. The first-order valence-corrected chi connectivity index (χ1v) is 9.01. The van der Waals surface area contributed by atoms with Gasteiger partial charge in [-0.05, 0) is 61.6 Å². The number of hydrogen-bond acceptors (Lipinski definition) is 3. The zero-order chi connectivity index (χ0) is 15.5. The molecule has 0 spiro atoms. The van der Waals surface area contributed by atoms with Gasteiger partial charge >= 0.3 is 0 Å². The molecule has 1 N–H and O–H groups in total. The van der Waals surface area contributed by atoms with Crippen LogP contribution < -0.4 is 0 Å². The van der Waals surface area contributed by atoms with E-state index >= 15 is 0 Å². The molecule has 0 radical (unpaired) electrons. The van der Waals surface area contributed by atoms with Gasteiger partial charge in [-0.1, -0.05) is 13.8 Å². The third kappa shape index (κ3) is 3.88. The Morgan fingerprint density at radius 2 is 1.95 bits per heavy atom. The van der Waals surface area contributed by atoms with E-state index in [1.807, 2.05) is 4.68 Å². The summed E-state index contributed by atoms with van der Waals surface area (Å²) in [6, 6.07) is 0. The van der Waals surface area contributed by atoms with Gasteiger partial charge in [0.15, 0.2) is 0 Å². The summed E-state index contributed by atoms with van der Waals surface area (Å²) in [4.78, 5) is 2.43. The summed E-state index contributed by atoms with van der Waals surface area (Å²) < 4.78 is 3.14. The fourth-order valence-electron chi connectivity index (χ4n) is 3.23. The molecular formula is C16H28BrN3O. The molecular weight excluding hydrogens is 330 g/mol. The Morgan fingerprint density at radius 3 is 2.57 bits per heavy atom. The van der Waals surface area contributed by atoms with Crippen LogP contribution in [-0.4, -0.2) is 45.0 Å². The Kier molecular flexibility index (Phi) is 5.86. The van der Waals surface area contributed by atoms with Crippen molar-refractivity contribution in [2.24, 2.45) is 0 Å². The number of rotatable bonds is 5. The highest BCUT2D eigenvalue weighted by Crippen LogP contribution is 2.31. The summed E-state index contributed by atoms with van der Waals surface area (Å²) in [5.74, 6) is 0. The van der Waals surface area contributed by atoms with Crippen LogP contribution in [0.5, 0.6) is 0 Å². The molecule has 1 saturated heterocycles. The van der Waals surface area contributed by atoms with Gasteiger partial charge in [-0.3, -0.25) is 4.68 Å². The van der Waals surface area contributed by atoms with E-state index in [-0.39, 0.29) is 0 Å². The number of aliphatic hydroxyl groups is 1. The average Bonchev–Trinajstić information content (AvgIpc) is 2.66. The summed E-state index contributed by atoms with van der Waals surface area (Å²) in [6.07, 6.45) is 4.42. The quantitative estimate of drug-likeness (QED) is 0.880. The molecule has 2 heterocycles. The second kappa shape index (κ2) is 7.25. The molecule has 4 nitrogen and oxygen atoms in total. The Labute approximate surface area is 136 Å². The number of halogens is 1. The molecule has 1 aliphatic rings. The fourth-order valence-corrected chi connectivity index (χ4v) is 3.93. The van der Waals surface area contributed by atoms with Crippen LogP contribution in [0.3, 0.4) is 0 Å². The second-order valence-electron chi connectivity index (χ2n) is 6.07. The number of likely N-dealkylation sites (tertiary alicyclic amines) is 1. The van der Waals surface area contributed by atoms with Crippen molar-refractivity contribution in [1.82, 2.24) is 14.7 Å². The van der Waals surface area contributed by atoms with E-state index < -0.39 is 5.60 Å². The van der Waals surface area contributed by atoms with E-state index in [9.17, 15) is 5.11 Å². The van der Waals surface area contributed by atoms with E-state index in [4.69, 9.17) is 0 Å². The maximum atomic E-state index is 11.1. The second-order valence-corrected chi connectivity index (χ2v) is 6.86. The first-order valence-electron chi connectivity index (χ1n) is 8.21. The Hall–Kier alpha value is -0.390. The molecule has 1 aromatic rings. The van der Waals surface area contributed by atoms with Crippen LogP contribution in [0.25, 0.3) is 0 Å². The molecule has 1 fully saturated rings. The molecule has 120 valence electrons. The Morgan fingerprint density at radius 1 is 1.19 bits per heavy atom. The van der Waals surface area contributed by atoms with Crippen molar-refractivity contribution in [3.8, 4) is 0 Å². The Bertz CT molecular complexity index is 474. The van der Waals surface area contributed by atoms with Gasteiger partial charge in [-0.2, -0.15) is 5.10 Å². The summed E-state index contributed by atoms with van der Waals surface area (Å²) >= 11 is 3.69. The van der Waals surface area contributed by atoms with Crippen molar-refractivity contribution in [3.05, 3.63) is 15.9 Å². The van der Waals surface area contributed by atoms with Gasteiger partial charge in [-0.25, -0.2) is 0 Å². The zero-order valence-corrected chi connectivity index (χ0v) is 15.1. The molecule has 0 bridgehead atoms. The van der Waals surface area contributed by atoms with E-state index in [1.54, 1.807) is 0 Å². The maximum absolute atomic E-state index is 11.1. The lowest BCUT2D eigenvalue weighted by molar-refractivity contribution is 0.0238. The number of aromatic nitrogens is 2. The topological polar surface area (TPSA) is 41.3 Å². The number of hydrogen-bond donors (Lipinski definition) is 1. The summed E-state index contributed by atoms with van der Waals surface area (Å²) in [7, 11) is 0. The van der Waals surface area contributed by atoms with Crippen molar-refractivity contribution < 1.29 is 5.11 Å². The zero-order valence-electron chi connectivity index (χ0n) is 13.5. The number of nitrogens with zero attached hydrogens (tertiary/aromatic N) is 3. The molecule has 21 heavy (non-hydrogen) atoms. The minimum atomic E-state index is -0.593. The molecule has 1 aliphatic heterocycles. The van der Waals surface area contributed by atoms with Gasteiger partial charge < -0.3 is 10.0 Å². The van der Waals surface area contributed by atoms with Crippen molar-refractivity contribution in [3.63, 3.8) is 0 Å². The molecule has 2 rings (SSSR count). The highest BCUT2D eigenvalue weighted by molar-refractivity contribution is 9.10. The van der Waals surface area contributed by atoms with Gasteiger partial charge in [0.05, 0.1) is 21.5 Å². The lowest BCUT2D eigenvalue weighted by atomic mass is 9.89. The third-order valence-electron chi connectivity index (χ3n) is 4.65. The van der Waals surface area contributed by atoms with Crippen LogP contribution >= 0.6 is 15.9 Å². The van der Waals surface area contributed by atoms with E-state index in [0.717, 1.165) is 67.7 Å². The molecule has 0 aromatic carbocycles. The standard InChI is InChI=1S/C16H28BrN3O/c1-4-13-15(17)14(20(6-3)18-13)12-16(21)8-7-10-19(5-2)11-9-16/h21H,4-12H2,1-3H3. The van der Waals surface area contributed by atoms with Gasteiger partial charge in [-0.15, -0.1) is 0 Å². The van der Waals surface area contributed by atoms with Crippen LogP contribution in [0, 0.1) is 0 Å². The minimum Gasteiger partial charge on any atom is -0.389 e. The largest absolute Gasteiger partial charge is 0.389 e. The molecule has 0 saturated carbocycles. The normalized spacial score (nSPS) is 24.2. The summed E-state index contributed by atoms with van der Waals surface area (Å²) in [6.45, 7) is 10.5. The lowest BCUT2D eigenvalue weighted by Gasteiger charge is -2.27. The minimum absolute atomic E-state index is 0.593. The summed E-state index contributed by atoms with van der Waals surface area (Å²) in [5.41, 5.74) is 1.66. The molecule has 1 unspecified atom stereocenters. The van der Waals surface area contributed by atoms with Crippen LogP contribution in [0.15, 0.2) is 4.47 Å². The van der Waals surface area contributed by atoms with Gasteiger partial charge in [0.1, 0.15) is 0 Å². The smallest absolute Gasteiger partial charge is 0.0766 e. The van der Waals surface area contributed by atoms with Crippen LogP contribution in [0.4, 0.5) is 0 Å². The SMILES string of the molecule is CCc1nn(CC)c(CC2(O)CCCN(CC)CC2)c1Br. The van der Waals surface area contributed by atoms with Crippen LogP contribution in [-0.2, 0) is 19.4 Å². The van der Waals surface area contributed by atoms with Crippen LogP contribution in [0.2, 0.25) is 0 Å². The van der Waals surface area contributed by atoms with E-state index in [2.05, 4.69) is 46.7 Å². The monoisotopic (exact) mass is 357 g/mol. The van der Waals surface area contributed by atoms with Gasteiger partial charge in [0.2, 0.25) is 0 Å². The molecule has 1 atom stereocenters. The Balaban J connectivity index is 2.18. The summed E-state index contributed by atoms with van der Waals surface area (Å²) in [5, 5.41) is 15.7. The van der Waals surface area contributed by atoms with Crippen molar-refractivity contribution in [2.45, 2.75) is 65.0 Å². The third-order valence-corrected chi connectivity index (χ3v) is 5.56. The predicted octanol–water partition coefficient (Wildman–Crippen LogP) is 3.01. The highest BCUT2D eigenvalue weighted by Gasteiger charge is 2.32. The van der Waals surface area contributed by atoms with Crippen molar-refractivity contribution >= 4 is 15.9 Å². The van der Waals surface area contributed by atoms with Crippen molar-refractivity contribution in [2.75, 3.05) is 19.6 Å². The lowest BCUT2D eigenvalue weighted by Crippen LogP contribution is -2.34. The van der Waals surface area contributed by atoms with E-state index in [1.165, 1.54) is 0 Å². The first kappa shape index (κ1) is 17.0. The molecule has 1 aromatic heterocycles.